The Kier molecular flexibility index (Phi) is 4.52. The van der Waals surface area contributed by atoms with Crippen LogP contribution >= 0.6 is 11.3 Å². The Hall–Kier alpha value is -1.44. The summed E-state index contributed by atoms with van der Waals surface area (Å²) in [6.45, 7) is 7.16. The predicted molar refractivity (Wildman–Crippen MR) is 83.7 cm³/mol. The highest BCUT2D eigenvalue weighted by molar-refractivity contribution is 7.13. The molecule has 114 valence electrons. The van der Waals surface area contributed by atoms with Crippen LogP contribution in [0.2, 0.25) is 0 Å². The van der Waals surface area contributed by atoms with E-state index in [0.29, 0.717) is 13.1 Å². The van der Waals surface area contributed by atoms with Crippen molar-refractivity contribution in [2.24, 2.45) is 0 Å². The molecule has 2 aromatic heterocycles. The first-order valence-electron chi connectivity index (χ1n) is 7.25. The molecule has 1 aliphatic heterocycles. The van der Waals surface area contributed by atoms with Crippen molar-refractivity contribution in [3.8, 4) is 0 Å². The molecule has 1 atom stereocenters. The molecule has 2 aromatic rings. The van der Waals surface area contributed by atoms with Crippen LogP contribution in [0.15, 0.2) is 23.8 Å². The number of aryl methyl sites for hydroxylation is 1. The smallest absolute Gasteiger partial charge is 0.185 e. The molecule has 0 unspecified atom stereocenters. The van der Waals surface area contributed by atoms with Crippen molar-refractivity contribution in [2.45, 2.75) is 19.6 Å². The Morgan fingerprint density at radius 3 is 2.71 bits per heavy atom. The summed E-state index contributed by atoms with van der Waals surface area (Å²) in [7, 11) is 0. The first kappa shape index (κ1) is 14.5. The van der Waals surface area contributed by atoms with Crippen molar-refractivity contribution in [1.82, 2.24) is 19.7 Å². The molecule has 1 N–H and O–H groups in total. The molecule has 0 saturated carbocycles. The fraction of sp³-hybridized carbons (Fsp3) is 0.571. The zero-order chi connectivity index (χ0) is 14.7. The van der Waals surface area contributed by atoms with Gasteiger partial charge in [-0.15, -0.1) is 11.3 Å². The van der Waals surface area contributed by atoms with Gasteiger partial charge in [-0.25, -0.2) is 4.98 Å². The van der Waals surface area contributed by atoms with Crippen LogP contribution in [0.4, 0.5) is 5.13 Å². The van der Waals surface area contributed by atoms with E-state index in [0.717, 1.165) is 37.0 Å². The lowest BCUT2D eigenvalue weighted by Gasteiger charge is -2.35. The van der Waals surface area contributed by atoms with Crippen LogP contribution in [0, 0.1) is 6.92 Å². The zero-order valence-electron chi connectivity index (χ0n) is 12.2. The summed E-state index contributed by atoms with van der Waals surface area (Å²) in [4.78, 5) is 9.17. The largest absolute Gasteiger partial charge is 0.390 e. The van der Waals surface area contributed by atoms with E-state index >= 15 is 0 Å². The van der Waals surface area contributed by atoms with Gasteiger partial charge < -0.3 is 10.0 Å². The summed E-state index contributed by atoms with van der Waals surface area (Å²) in [5.74, 6) is 0. The fourth-order valence-corrected chi connectivity index (χ4v) is 3.45. The number of rotatable bonds is 5. The van der Waals surface area contributed by atoms with E-state index < -0.39 is 0 Å². The summed E-state index contributed by atoms with van der Waals surface area (Å²) in [6, 6.07) is 1.88. The third-order valence-electron chi connectivity index (χ3n) is 3.68. The Morgan fingerprint density at radius 2 is 2.10 bits per heavy atom. The summed E-state index contributed by atoms with van der Waals surface area (Å²) in [5.41, 5.74) is 1.09. The van der Waals surface area contributed by atoms with Gasteiger partial charge in [-0.1, -0.05) is 0 Å². The minimum atomic E-state index is -0.376. The second-order valence-corrected chi connectivity index (χ2v) is 6.28. The second kappa shape index (κ2) is 6.55. The van der Waals surface area contributed by atoms with Gasteiger partial charge in [0, 0.05) is 50.5 Å². The Balaban J connectivity index is 1.45. The number of β-amino-alcohol motifs (C(OH)–C–C–N with tert-alkyl or cyclic N) is 1. The average Bonchev–Trinajstić information content (AvgIpc) is 3.11. The maximum Gasteiger partial charge on any atom is 0.185 e. The van der Waals surface area contributed by atoms with Crippen LogP contribution in [-0.2, 0) is 6.54 Å². The summed E-state index contributed by atoms with van der Waals surface area (Å²) in [5, 5.41) is 17.5. The van der Waals surface area contributed by atoms with Gasteiger partial charge in [-0.2, -0.15) is 5.10 Å². The topological polar surface area (TPSA) is 57.4 Å². The van der Waals surface area contributed by atoms with Gasteiger partial charge in [0.15, 0.2) is 5.13 Å². The van der Waals surface area contributed by atoms with Crippen molar-refractivity contribution in [3.05, 3.63) is 29.5 Å². The van der Waals surface area contributed by atoms with Crippen molar-refractivity contribution in [1.29, 1.82) is 0 Å². The molecule has 3 rings (SSSR count). The van der Waals surface area contributed by atoms with Gasteiger partial charge in [0.2, 0.25) is 0 Å². The number of piperazine rings is 1. The van der Waals surface area contributed by atoms with E-state index in [-0.39, 0.29) is 6.10 Å². The number of hydrogen-bond donors (Lipinski definition) is 1. The monoisotopic (exact) mass is 307 g/mol. The van der Waals surface area contributed by atoms with Gasteiger partial charge in [0.1, 0.15) is 0 Å². The Bertz CT molecular complexity index is 547. The zero-order valence-corrected chi connectivity index (χ0v) is 13.0. The lowest BCUT2D eigenvalue weighted by Crippen LogP contribution is -2.49. The standard InChI is InChI=1S/C14H21N5OS/c1-12-11-21-14(16-12)18-7-5-17(6-8-18)9-13(20)10-19-4-2-3-15-19/h2-4,11,13,20H,5-10H2,1H3/t13-/m0/s1. The number of thiazole rings is 1. The SMILES string of the molecule is Cc1csc(N2CCN(C[C@H](O)Cn3cccn3)CC2)n1. The van der Waals surface area contributed by atoms with Gasteiger partial charge >= 0.3 is 0 Å². The first-order chi connectivity index (χ1) is 10.2. The molecule has 0 spiro atoms. The highest BCUT2D eigenvalue weighted by Gasteiger charge is 2.21. The van der Waals surface area contributed by atoms with Crippen molar-refractivity contribution in [3.63, 3.8) is 0 Å². The predicted octanol–water partition coefficient (Wildman–Crippen LogP) is 0.831. The van der Waals surface area contributed by atoms with Crippen LogP contribution < -0.4 is 4.90 Å². The third-order valence-corrected chi connectivity index (χ3v) is 4.69. The molecule has 0 aromatic carbocycles. The minimum absolute atomic E-state index is 0.376. The molecule has 1 saturated heterocycles. The molecule has 0 amide bonds. The second-order valence-electron chi connectivity index (χ2n) is 5.44. The summed E-state index contributed by atoms with van der Waals surface area (Å²) in [6.07, 6.45) is 3.24. The van der Waals surface area contributed by atoms with Crippen LogP contribution in [0.1, 0.15) is 5.69 Å². The normalized spacial score (nSPS) is 18.1. The van der Waals surface area contributed by atoms with Gasteiger partial charge in [0.05, 0.1) is 18.3 Å². The van der Waals surface area contributed by atoms with Crippen LogP contribution in [0.3, 0.4) is 0 Å². The fourth-order valence-electron chi connectivity index (χ4n) is 2.59. The number of nitrogens with zero attached hydrogens (tertiary/aromatic N) is 5. The summed E-state index contributed by atoms with van der Waals surface area (Å²) >= 11 is 1.71. The maximum atomic E-state index is 10.1. The number of aliphatic hydroxyl groups is 1. The molecule has 21 heavy (non-hydrogen) atoms. The van der Waals surface area contributed by atoms with Crippen LogP contribution in [0.5, 0.6) is 0 Å². The van der Waals surface area contributed by atoms with Crippen molar-refractivity contribution < 1.29 is 5.11 Å². The number of anilines is 1. The molecule has 0 radical (unpaired) electrons. The van der Waals surface area contributed by atoms with Gasteiger partial charge in [-0.3, -0.25) is 9.58 Å². The van der Waals surface area contributed by atoms with E-state index in [1.807, 2.05) is 19.2 Å². The van der Waals surface area contributed by atoms with E-state index in [2.05, 4.69) is 25.3 Å². The van der Waals surface area contributed by atoms with Gasteiger partial charge in [-0.05, 0) is 13.0 Å². The molecule has 0 bridgehead atoms. The third kappa shape index (κ3) is 3.81. The molecule has 1 fully saturated rings. The Morgan fingerprint density at radius 1 is 1.29 bits per heavy atom. The van der Waals surface area contributed by atoms with Gasteiger partial charge in [0.25, 0.3) is 0 Å². The van der Waals surface area contributed by atoms with Crippen molar-refractivity contribution >= 4 is 16.5 Å². The highest BCUT2D eigenvalue weighted by atomic mass is 32.1. The van der Waals surface area contributed by atoms with E-state index in [9.17, 15) is 5.11 Å². The quantitative estimate of drug-likeness (QED) is 0.887. The minimum Gasteiger partial charge on any atom is -0.390 e. The average molecular weight is 307 g/mol. The highest BCUT2D eigenvalue weighted by Crippen LogP contribution is 2.21. The molecule has 0 aliphatic carbocycles. The lowest BCUT2D eigenvalue weighted by molar-refractivity contribution is 0.0920. The molecular weight excluding hydrogens is 286 g/mol. The molecular formula is C14H21N5OS. The van der Waals surface area contributed by atoms with E-state index in [1.165, 1.54) is 0 Å². The number of aliphatic hydroxyl groups excluding tert-OH is 1. The maximum absolute atomic E-state index is 10.1. The number of hydrogen-bond acceptors (Lipinski definition) is 6. The molecule has 7 heteroatoms. The lowest BCUT2D eigenvalue weighted by atomic mass is 10.2. The van der Waals surface area contributed by atoms with Crippen molar-refractivity contribution in [2.75, 3.05) is 37.6 Å². The Labute approximate surface area is 128 Å². The van der Waals surface area contributed by atoms with Crippen LogP contribution in [0.25, 0.3) is 0 Å². The first-order valence-corrected chi connectivity index (χ1v) is 8.13. The summed E-state index contributed by atoms with van der Waals surface area (Å²) < 4.78 is 1.78. The molecule has 1 aliphatic rings. The van der Waals surface area contributed by atoms with Crippen LogP contribution in [-0.4, -0.2) is 63.6 Å². The molecule has 3 heterocycles. The van der Waals surface area contributed by atoms with E-state index in [4.69, 9.17) is 0 Å². The number of aromatic nitrogens is 3. The van der Waals surface area contributed by atoms with E-state index in [1.54, 1.807) is 22.2 Å². The molecule has 6 nitrogen and oxygen atoms in total.